The number of nitrogens with two attached hydrogens (primary N) is 1. The third-order valence-corrected chi connectivity index (χ3v) is 4.20. The number of aromatic nitrogens is 2. The highest BCUT2D eigenvalue weighted by atomic mass is 32.2. The Morgan fingerprint density at radius 2 is 1.80 bits per heavy atom. The second-order valence-corrected chi connectivity index (χ2v) is 5.99. The summed E-state index contributed by atoms with van der Waals surface area (Å²) in [6.07, 6.45) is 0. The van der Waals surface area contributed by atoms with Gasteiger partial charge < -0.3 is 5.73 Å². The van der Waals surface area contributed by atoms with E-state index in [2.05, 4.69) is 9.97 Å². The van der Waals surface area contributed by atoms with Crippen molar-refractivity contribution in [3.8, 4) is 0 Å². The smallest absolute Gasteiger partial charge is 0.188 e. The minimum atomic E-state index is -0.255. The van der Waals surface area contributed by atoms with E-state index in [1.807, 2.05) is 32.9 Å². The van der Waals surface area contributed by atoms with Crippen LogP contribution >= 0.6 is 11.8 Å². The van der Waals surface area contributed by atoms with Crippen LogP contribution in [0.15, 0.2) is 35.5 Å². The normalized spacial score (nSPS) is 14.1. The first-order valence-electron chi connectivity index (χ1n) is 6.45. The van der Waals surface area contributed by atoms with E-state index in [4.69, 9.17) is 5.73 Å². The van der Waals surface area contributed by atoms with E-state index in [0.29, 0.717) is 5.16 Å². The van der Waals surface area contributed by atoms with Gasteiger partial charge in [-0.05, 0) is 44.5 Å². The summed E-state index contributed by atoms with van der Waals surface area (Å²) in [7, 11) is 0. The molecule has 1 aromatic carbocycles. The molecule has 0 aliphatic rings. The van der Waals surface area contributed by atoms with Crippen molar-refractivity contribution in [3.05, 3.63) is 53.1 Å². The highest BCUT2D eigenvalue weighted by molar-refractivity contribution is 7.99. The molecular formula is C15H18FN3S. The van der Waals surface area contributed by atoms with Crippen LogP contribution in [0.5, 0.6) is 0 Å². The lowest BCUT2D eigenvalue weighted by Crippen LogP contribution is -2.23. The molecule has 1 heterocycles. The zero-order chi connectivity index (χ0) is 14.7. The summed E-state index contributed by atoms with van der Waals surface area (Å²) in [6, 6.07) is 8.32. The molecule has 0 radical (unpaired) electrons. The van der Waals surface area contributed by atoms with Gasteiger partial charge in [0.05, 0.1) is 5.25 Å². The SMILES string of the molecule is Cc1cc(C)nc(SC(c2cccc(F)c2)C(C)N)n1. The first kappa shape index (κ1) is 14.9. The molecule has 0 bridgehead atoms. The van der Waals surface area contributed by atoms with Crippen LogP contribution in [-0.2, 0) is 0 Å². The second-order valence-electron chi connectivity index (χ2n) is 4.89. The summed E-state index contributed by atoms with van der Waals surface area (Å²) >= 11 is 1.47. The van der Waals surface area contributed by atoms with E-state index in [1.165, 1.54) is 23.9 Å². The van der Waals surface area contributed by atoms with Gasteiger partial charge in [0.1, 0.15) is 5.82 Å². The summed E-state index contributed by atoms with van der Waals surface area (Å²) in [6.45, 7) is 5.77. The Morgan fingerprint density at radius 1 is 1.15 bits per heavy atom. The number of thioether (sulfide) groups is 1. The molecule has 0 fully saturated rings. The quantitative estimate of drug-likeness (QED) is 0.693. The first-order chi connectivity index (χ1) is 9.45. The Balaban J connectivity index is 2.30. The van der Waals surface area contributed by atoms with Gasteiger partial charge in [-0.25, -0.2) is 14.4 Å². The molecule has 0 amide bonds. The number of hydrogen-bond donors (Lipinski definition) is 1. The number of rotatable bonds is 4. The predicted molar refractivity (Wildman–Crippen MR) is 80.2 cm³/mol. The molecule has 3 nitrogen and oxygen atoms in total. The van der Waals surface area contributed by atoms with Gasteiger partial charge in [0.25, 0.3) is 0 Å². The number of nitrogens with zero attached hydrogens (tertiary/aromatic N) is 2. The van der Waals surface area contributed by atoms with Gasteiger partial charge in [-0.15, -0.1) is 0 Å². The maximum Gasteiger partial charge on any atom is 0.188 e. The Bertz CT molecular complexity index is 581. The number of benzene rings is 1. The van der Waals surface area contributed by atoms with Gasteiger partial charge in [-0.1, -0.05) is 23.9 Å². The number of aryl methyl sites for hydroxylation is 2. The lowest BCUT2D eigenvalue weighted by Gasteiger charge is -2.20. The molecule has 2 atom stereocenters. The third-order valence-electron chi connectivity index (χ3n) is 2.85. The van der Waals surface area contributed by atoms with Crippen molar-refractivity contribution in [2.75, 3.05) is 0 Å². The highest BCUT2D eigenvalue weighted by Crippen LogP contribution is 2.35. The van der Waals surface area contributed by atoms with Crippen LogP contribution in [0.1, 0.15) is 29.1 Å². The van der Waals surface area contributed by atoms with Crippen LogP contribution in [-0.4, -0.2) is 16.0 Å². The average Bonchev–Trinajstić information content (AvgIpc) is 2.34. The van der Waals surface area contributed by atoms with E-state index in [1.54, 1.807) is 6.07 Å². The van der Waals surface area contributed by atoms with Gasteiger partial charge in [-0.3, -0.25) is 0 Å². The van der Waals surface area contributed by atoms with Crippen molar-refractivity contribution in [1.29, 1.82) is 0 Å². The maximum absolute atomic E-state index is 13.4. The standard InChI is InChI=1S/C15H18FN3S/c1-9-7-10(2)19-15(18-9)20-14(11(3)17)12-5-4-6-13(16)8-12/h4-8,11,14H,17H2,1-3H3. The second kappa shape index (κ2) is 6.33. The lowest BCUT2D eigenvalue weighted by molar-refractivity contribution is 0.621. The molecule has 5 heteroatoms. The van der Waals surface area contributed by atoms with Gasteiger partial charge in [-0.2, -0.15) is 0 Å². The molecule has 0 saturated heterocycles. The van der Waals surface area contributed by atoms with Gasteiger partial charge >= 0.3 is 0 Å². The molecule has 0 aliphatic carbocycles. The number of hydrogen-bond acceptors (Lipinski definition) is 4. The van der Waals surface area contributed by atoms with Crippen LogP contribution in [0.3, 0.4) is 0 Å². The average molecular weight is 291 g/mol. The third kappa shape index (κ3) is 3.77. The molecule has 2 aromatic rings. The van der Waals surface area contributed by atoms with E-state index in [-0.39, 0.29) is 17.1 Å². The minimum Gasteiger partial charge on any atom is -0.327 e. The van der Waals surface area contributed by atoms with Gasteiger partial charge in [0.2, 0.25) is 0 Å². The maximum atomic E-state index is 13.4. The van der Waals surface area contributed by atoms with Crippen LogP contribution in [0.4, 0.5) is 4.39 Å². The zero-order valence-electron chi connectivity index (χ0n) is 11.8. The van der Waals surface area contributed by atoms with E-state index in [0.717, 1.165) is 17.0 Å². The molecule has 0 spiro atoms. The molecule has 2 N–H and O–H groups in total. The lowest BCUT2D eigenvalue weighted by atomic mass is 10.1. The first-order valence-corrected chi connectivity index (χ1v) is 7.33. The fourth-order valence-corrected chi connectivity index (χ4v) is 3.14. The van der Waals surface area contributed by atoms with Crippen molar-refractivity contribution < 1.29 is 4.39 Å². The topological polar surface area (TPSA) is 51.8 Å². The Hall–Kier alpha value is -1.46. The van der Waals surface area contributed by atoms with Crippen LogP contribution in [0.25, 0.3) is 0 Å². The summed E-state index contributed by atoms with van der Waals surface area (Å²) in [4.78, 5) is 8.81. The van der Waals surface area contributed by atoms with E-state index in [9.17, 15) is 4.39 Å². The summed E-state index contributed by atoms with van der Waals surface area (Å²) < 4.78 is 13.4. The van der Waals surface area contributed by atoms with E-state index < -0.39 is 0 Å². The van der Waals surface area contributed by atoms with E-state index >= 15 is 0 Å². The molecule has 2 unspecified atom stereocenters. The fraction of sp³-hybridized carbons (Fsp3) is 0.333. The van der Waals surface area contributed by atoms with Crippen molar-refractivity contribution in [2.45, 2.75) is 37.2 Å². The van der Waals surface area contributed by atoms with Gasteiger partial charge in [0, 0.05) is 17.4 Å². The summed E-state index contributed by atoms with van der Waals surface area (Å²) in [5.74, 6) is -0.255. The minimum absolute atomic E-state index is 0.0769. The molecular weight excluding hydrogens is 273 g/mol. The largest absolute Gasteiger partial charge is 0.327 e. The van der Waals surface area contributed by atoms with Crippen molar-refractivity contribution in [3.63, 3.8) is 0 Å². The van der Waals surface area contributed by atoms with Crippen LogP contribution in [0.2, 0.25) is 0 Å². The van der Waals surface area contributed by atoms with Crippen molar-refractivity contribution in [1.82, 2.24) is 9.97 Å². The zero-order valence-corrected chi connectivity index (χ0v) is 12.6. The monoisotopic (exact) mass is 291 g/mol. The van der Waals surface area contributed by atoms with Crippen LogP contribution in [0, 0.1) is 19.7 Å². The Labute approximate surface area is 122 Å². The highest BCUT2D eigenvalue weighted by Gasteiger charge is 2.20. The Morgan fingerprint density at radius 3 is 2.35 bits per heavy atom. The molecule has 106 valence electrons. The van der Waals surface area contributed by atoms with Crippen molar-refractivity contribution >= 4 is 11.8 Å². The summed E-state index contributed by atoms with van der Waals surface area (Å²) in [5.41, 5.74) is 8.74. The molecule has 0 aliphatic heterocycles. The number of halogens is 1. The van der Waals surface area contributed by atoms with Gasteiger partial charge in [0.15, 0.2) is 5.16 Å². The fourth-order valence-electron chi connectivity index (χ4n) is 2.02. The molecule has 1 aromatic heterocycles. The predicted octanol–water partition coefficient (Wildman–Crippen LogP) is 3.41. The molecule has 2 rings (SSSR count). The van der Waals surface area contributed by atoms with Crippen LogP contribution < -0.4 is 5.73 Å². The summed E-state index contributed by atoms with van der Waals surface area (Å²) in [5, 5.41) is 0.598. The van der Waals surface area contributed by atoms with Crippen molar-refractivity contribution in [2.24, 2.45) is 5.73 Å². The Kier molecular flexibility index (Phi) is 4.73. The molecule has 0 saturated carbocycles. The molecule has 20 heavy (non-hydrogen) atoms.